The van der Waals surface area contributed by atoms with Gasteiger partial charge in [-0.2, -0.15) is 0 Å². The van der Waals surface area contributed by atoms with Crippen LogP contribution in [0.1, 0.15) is 29.3 Å². The first-order valence-corrected chi connectivity index (χ1v) is 10.2. The van der Waals surface area contributed by atoms with E-state index in [2.05, 4.69) is 86.5 Å². The van der Waals surface area contributed by atoms with E-state index in [4.69, 9.17) is 0 Å². The maximum atomic E-state index is 4.35. The van der Waals surface area contributed by atoms with Crippen LogP contribution in [-0.4, -0.2) is 34.2 Å². The van der Waals surface area contributed by atoms with Crippen molar-refractivity contribution in [1.82, 2.24) is 25.2 Å². The Morgan fingerprint density at radius 1 is 0.871 bits per heavy atom. The molecule has 31 heavy (non-hydrogen) atoms. The van der Waals surface area contributed by atoms with Crippen LogP contribution < -0.4 is 10.6 Å². The average Bonchev–Trinajstić information content (AvgIpc) is 3.23. The predicted octanol–water partition coefficient (Wildman–Crippen LogP) is 4.23. The molecule has 0 radical (unpaired) electrons. The van der Waals surface area contributed by atoms with Crippen molar-refractivity contribution >= 4 is 35.6 Å². The summed E-state index contributed by atoms with van der Waals surface area (Å²) in [7, 11) is 1.78. The molecule has 0 saturated carbocycles. The van der Waals surface area contributed by atoms with Crippen LogP contribution in [0.25, 0.3) is 5.65 Å². The summed E-state index contributed by atoms with van der Waals surface area (Å²) in [6.07, 6.45) is 2.93. The molecule has 7 heteroatoms. The first-order valence-electron chi connectivity index (χ1n) is 10.2. The number of aliphatic imine (C=N–C) groups is 1. The summed E-state index contributed by atoms with van der Waals surface area (Å²) >= 11 is 0. The molecule has 4 aromatic rings. The van der Waals surface area contributed by atoms with Gasteiger partial charge >= 0.3 is 0 Å². The summed E-state index contributed by atoms with van der Waals surface area (Å²) in [5.41, 5.74) is 3.48. The molecular weight excluding hydrogens is 499 g/mol. The van der Waals surface area contributed by atoms with Crippen molar-refractivity contribution in [1.29, 1.82) is 0 Å². The number of nitrogens with one attached hydrogen (secondary N) is 2. The van der Waals surface area contributed by atoms with Crippen LogP contribution in [0.5, 0.6) is 0 Å². The Morgan fingerprint density at radius 2 is 1.52 bits per heavy atom. The third-order valence-electron chi connectivity index (χ3n) is 5.15. The molecule has 0 aliphatic rings. The predicted molar refractivity (Wildman–Crippen MR) is 136 cm³/mol. The van der Waals surface area contributed by atoms with Gasteiger partial charge in [0.05, 0.1) is 6.54 Å². The van der Waals surface area contributed by atoms with Crippen LogP contribution >= 0.6 is 24.0 Å². The largest absolute Gasteiger partial charge is 0.356 e. The van der Waals surface area contributed by atoms with E-state index in [-0.39, 0.29) is 24.0 Å². The second-order valence-corrected chi connectivity index (χ2v) is 7.06. The lowest BCUT2D eigenvalue weighted by Crippen LogP contribution is -2.38. The highest BCUT2D eigenvalue weighted by Crippen LogP contribution is 2.27. The van der Waals surface area contributed by atoms with E-state index in [0.717, 1.165) is 30.4 Å². The minimum absolute atomic E-state index is 0. The first kappa shape index (κ1) is 22.7. The maximum absolute atomic E-state index is 4.35. The van der Waals surface area contributed by atoms with Crippen molar-refractivity contribution in [2.75, 3.05) is 13.6 Å². The van der Waals surface area contributed by atoms with Gasteiger partial charge in [-0.1, -0.05) is 66.7 Å². The van der Waals surface area contributed by atoms with E-state index in [1.54, 1.807) is 7.05 Å². The standard InChI is InChI=1S/C24H26N6.HI/c1-25-24(27-18-23-29-28-22-14-8-9-17-30(22)23)26-16-15-21(19-10-4-2-5-11-19)20-12-6-3-7-13-20;/h2-14,17,21H,15-16,18H2,1H3,(H2,25,26,27);1H. The van der Waals surface area contributed by atoms with Crippen LogP contribution in [0.3, 0.4) is 0 Å². The van der Waals surface area contributed by atoms with Crippen molar-refractivity contribution in [3.8, 4) is 0 Å². The number of halogens is 1. The van der Waals surface area contributed by atoms with E-state index in [0.29, 0.717) is 12.5 Å². The normalized spacial score (nSPS) is 11.4. The van der Waals surface area contributed by atoms with Gasteiger partial charge in [-0.3, -0.25) is 9.39 Å². The van der Waals surface area contributed by atoms with E-state index in [9.17, 15) is 0 Å². The van der Waals surface area contributed by atoms with E-state index < -0.39 is 0 Å². The maximum Gasteiger partial charge on any atom is 0.191 e. The minimum atomic E-state index is 0. The summed E-state index contributed by atoms with van der Waals surface area (Å²) in [5.74, 6) is 1.93. The van der Waals surface area contributed by atoms with Crippen LogP contribution in [0, 0.1) is 0 Å². The lowest BCUT2D eigenvalue weighted by molar-refractivity contribution is 0.674. The molecule has 4 rings (SSSR count). The molecular formula is C24H27IN6. The monoisotopic (exact) mass is 526 g/mol. The molecule has 2 aromatic carbocycles. The molecule has 6 nitrogen and oxygen atoms in total. The summed E-state index contributed by atoms with van der Waals surface area (Å²) in [6, 6.07) is 27.2. The van der Waals surface area contributed by atoms with Gasteiger partial charge in [-0.05, 0) is 29.7 Å². The van der Waals surface area contributed by atoms with Crippen molar-refractivity contribution < 1.29 is 0 Å². The molecule has 0 aliphatic carbocycles. The van der Waals surface area contributed by atoms with Gasteiger partial charge in [-0.25, -0.2) is 0 Å². The lowest BCUT2D eigenvalue weighted by atomic mass is 9.88. The molecule has 2 aromatic heterocycles. The van der Waals surface area contributed by atoms with Crippen molar-refractivity contribution in [2.45, 2.75) is 18.9 Å². The smallest absolute Gasteiger partial charge is 0.191 e. The summed E-state index contributed by atoms with van der Waals surface area (Å²) in [5, 5.41) is 15.2. The van der Waals surface area contributed by atoms with Gasteiger partial charge in [0.1, 0.15) is 0 Å². The number of pyridine rings is 1. The Kier molecular flexibility index (Phi) is 8.40. The lowest BCUT2D eigenvalue weighted by Gasteiger charge is -2.19. The molecule has 0 unspecified atom stereocenters. The molecule has 0 aliphatic heterocycles. The van der Waals surface area contributed by atoms with Gasteiger partial charge in [-0.15, -0.1) is 34.2 Å². The van der Waals surface area contributed by atoms with E-state index in [1.807, 2.05) is 28.8 Å². The highest BCUT2D eigenvalue weighted by molar-refractivity contribution is 14.0. The van der Waals surface area contributed by atoms with Crippen LogP contribution in [-0.2, 0) is 6.54 Å². The Balaban J connectivity index is 0.00000272. The summed E-state index contributed by atoms with van der Waals surface area (Å²) < 4.78 is 1.97. The minimum Gasteiger partial charge on any atom is -0.356 e. The second kappa shape index (κ2) is 11.5. The summed E-state index contributed by atoms with van der Waals surface area (Å²) in [4.78, 5) is 4.35. The first-order chi connectivity index (χ1) is 14.8. The van der Waals surface area contributed by atoms with Gasteiger partial charge in [0.25, 0.3) is 0 Å². The zero-order valence-corrected chi connectivity index (χ0v) is 19.8. The molecule has 160 valence electrons. The average molecular weight is 526 g/mol. The van der Waals surface area contributed by atoms with Crippen LogP contribution in [0.4, 0.5) is 0 Å². The Morgan fingerprint density at radius 3 is 2.16 bits per heavy atom. The third-order valence-corrected chi connectivity index (χ3v) is 5.15. The van der Waals surface area contributed by atoms with Crippen LogP contribution in [0.15, 0.2) is 90.1 Å². The number of rotatable bonds is 7. The number of benzene rings is 2. The second-order valence-electron chi connectivity index (χ2n) is 7.06. The number of nitrogens with zero attached hydrogens (tertiary/aromatic N) is 4. The molecule has 0 fully saturated rings. The quantitative estimate of drug-likeness (QED) is 0.215. The number of aromatic nitrogens is 3. The number of hydrogen-bond donors (Lipinski definition) is 2. The Bertz CT molecular complexity index is 1060. The highest BCUT2D eigenvalue weighted by Gasteiger charge is 2.14. The fourth-order valence-corrected chi connectivity index (χ4v) is 3.63. The Labute approximate surface area is 199 Å². The van der Waals surface area contributed by atoms with E-state index >= 15 is 0 Å². The molecule has 0 bridgehead atoms. The van der Waals surface area contributed by atoms with E-state index in [1.165, 1.54) is 11.1 Å². The number of guanidine groups is 1. The molecule has 2 heterocycles. The van der Waals surface area contributed by atoms with Gasteiger partial charge in [0.15, 0.2) is 17.4 Å². The SMILES string of the molecule is CN=C(NCCC(c1ccccc1)c1ccccc1)NCc1nnc2ccccn12.I. The van der Waals surface area contributed by atoms with Crippen molar-refractivity contribution in [2.24, 2.45) is 4.99 Å². The fraction of sp³-hybridized carbons (Fsp3) is 0.208. The number of hydrogen-bond acceptors (Lipinski definition) is 3. The van der Waals surface area contributed by atoms with Crippen molar-refractivity contribution in [3.63, 3.8) is 0 Å². The van der Waals surface area contributed by atoms with Gasteiger partial charge in [0.2, 0.25) is 0 Å². The molecule has 0 atom stereocenters. The fourth-order valence-electron chi connectivity index (χ4n) is 3.63. The zero-order valence-electron chi connectivity index (χ0n) is 17.5. The van der Waals surface area contributed by atoms with Crippen molar-refractivity contribution in [3.05, 3.63) is 102 Å². The highest BCUT2D eigenvalue weighted by atomic mass is 127. The van der Waals surface area contributed by atoms with Gasteiger partial charge < -0.3 is 10.6 Å². The molecule has 0 amide bonds. The van der Waals surface area contributed by atoms with Crippen LogP contribution in [0.2, 0.25) is 0 Å². The molecule has 0 saturated heterocycles. The summed E-state index contributed by atoms with van der Waals surface area (Å²) in [6.45, 7) is 1.35. The zero-order chi connectivity index (χ0) is 20.6. The van der Waals surface area contributed by atoms with Gasteiger partial charge in [0, 0.05) is 25.7 Å². The molecule has 2 N–H and O–H groups in total. The number of fused-ring (bicyclic) bond motifs is 1. The third kappa shape index (κ3) is 5.81. The topological polar surface area (TPSA) is 66.6 Å². The molecule has 0 spiro atoms. The Hall–Kier alpha value is -2.94.